The van der Waals surface area contributed by atoms with E-state index in [1.807, 2.05) is 0 Å². The molecular formula is C19H27NO4. The Balaban J connectivity index is 1.49. The molecule has 5 aliphatic carbocycles. The van der Waals surface area contributed by atoms with Crippen LogP contribution >= 0.6 is 0 Å². The van der Waals surface area contributed by atoms with Gasteiger partial charge in [0.2, 0.25) is 5.91 Å². The topological polar surface area (TPSA) is 83.5 Å². The Morgan fingerprint density at radius 3 is 2.17 bits per heavy atom. The highest BCUT2D eigenvalue weighted by Crippen LogP contribution is 2.60. The molecule has 5 saturated carbocycles. The molecule has 5 rings (SSSR count). The molecule has 0 heterocycles. The van der Waals surface area contributed by atoms with Crippen molar-refractivity contribution in [2.24, 2.45) is 29.1 Å². The van der Waals surface area contributed by atoms with E-state index in [9.17, 15) is 19.5 Å². The van der Waals surface area contributed by atoms with Gasteiger partial charge in [-0.3, -0.25) is 9.59 Å². The largest absolute Gasteiger partial charge is 0.480 e. The molecule has 0 radical (unpaired) electrons. The molecule has 4 bridgehead atoms. The summed E-state index contributed by atoms with van der Waals surface area (Å²) in [6, 6.07) is -0.908. The normalized spacial score (nSPS) is 41.9. The summed E-state index contributed by atoms with van der Waals surface area (Å²) >= 11 is 0. The predicted octanol–water partition coefficient (Wildman–Crippen LogP) is 2.53. The molecule has 5 aliphatic rings. The Bertz CT molecular complexity index is 534. The molecule has 5 nitrogen and oxygen atoms in total. The lowest BCUT2D eigenvalue weighted by atomic mass is 9.49. The number of ketones is 1. The third-order valence-electron chi connectivity index (χ3n) is 7.06. The van der Waals surface area contributed by atoms with E-state index in [1.54, 1.807) is 0 Å². The molecule has 5 heteroatoms. The molecule has 0 aliphatic heterocycles. The standard InChI is InChI=1S/C19H27NO4/c21-15-3-1-2-14(7-15)16(17(22)23)20-18(24)19-8-11-4-12(9-19)6-13(5-11)10-19/h11-14,16H,1-10H2,(H,20,24)(H,22,23)/t11?,12?,13?,14-,16+,19?/m0/s1. The van der Waals surface area contributed by atoms with E-state index in [-0.39, 0.29) is 29.4 Å². The van der Waals surface area contributed by atoms with Crippen molar-refractivity contribution in [3.63, 3.8) is 0 Å². The van der Waals surface area contributed by atoms with Crippen LogP contribution in [0.1, 0.15) is 64.2 Å². The third kappa shape index (κ3) is 2.76. The van der Waals surface area contributed by atoms with Crippen LogP contribution in [0.4, 0.5) is 0 Å². The molecule has 0 spiro atoms. The maximum atomic E-state index is 13.1. The highest BCUT2D eigenvalue weighted by Gasteiger charge is 2.55. The van der Waals surface area contributed by atoms with E-state index in [2.05, 4.69) is 5.32 Å². The second kappa shape index (κ2) is 5.85. The Kier molecular flexibility index (Phi) is 3.92. The molecule has 1 amide bonds. The lowest BCUT2D eigenvalue weighted by Crippen LogP contribution is -2.57. The van der Waals surface area contributed by atoms with Gasteiger partial charge in [0.05, 0.1) is 0 Å². The fourth-order valence-electron chi connectivity index (χ4n) is 6.41. The van der Waals surface area contributed by atoms with E-state index in [0.717, 1.165) is 25.7 Å². The number of carbonyl (C=O) groups excluding carboxylic acids is 2. The molecule has 132 valence electrons. The van der Waals surface area contributed by atoms with Crippen LogP contribution in [0.25, 0.3) is 0 Å². The zero-order valence-corrected chi connectivity index (χ0v) is 14.1. The van der Waals surface area contributed by atoms with E-state index in [1.165, 1.54) is 19.3 Å². The SMILES string of the molecule is O=C1CCC[C@H]([C@@H](NC(=O)C23CC4CC(CC(C4)C2)C3)C(=O)O)C1. The van der Waals surface area contributed by atoms with Gasteiger partial charge < -0.3 is 10.4 Å². The van der Waals surface area contributed by atoms with Crippen LogP contribution in [-0.2, 0) is 14.4 Å². The quantitative estimate of drug-likeness (QED) is 0.828. The van der Waals surface area contributed by atoms with Crippen LogP contribution in [0.2, 0.25) is 0 Å². The van der Waals surface area contributed by atoms with Crippen molar-refractivity contribution in [1.29, 1.82) is 0 Å². The van der Waals surface area contributed by atoms with Crippen molar-refractivity contribution in [1.82, 2.24) is 5.32 Å². The minimum Gasteiger partial charge on any atom is -0.480 e. The van der Waals surface area contributed by atoms with E-state index in [0.29, 0.717) is 30.6 Å². The number of hydrogen-bond acceptors (Lipinski definition) is 3. The van der Waals surface area contributed by atoms with Gasteiger partial charge in [-0.05, 0) is 75.0 Å². The summed E-state index contributed by atoms with van der Waals surface area (Å²) in [5.74, 6) is 0.799. The van der Waals surface area contributed by atoms with Crippen LogP contribution in [0, 0.1) is 29.1 Å². The molecule has 2 N–H and O–H groups in total. The molecule has 0 aromatic carbocycles. The van der Waals surface area contributed by atoms with Crippen molar-refractivity contribution >= 4 is 17.7 Å². The second-order valence-electron chi connectivity index (χ2n) is 8.88. The molecular weight excluding hydrogens is 306 g/mol. The molecule has 5 fully saturated rings. The molecule has 0 saturated heterocycles. The number of aliphatic carboxylic acids is 1. The molecule has 24 heavy (non-hydrogen) atoms. The molecule has 0 aromatic heterocycles. The zero-order chi connectivity index (χ0) is 16.9. The Morgan fingerprint density at radius 1 is 1.08 bits per heavy atom. The lowest BCUT2D eigenvalue weighted by molar-refractivity contribution is -0.153. The van der Waals surface area contributed by atoms with Gasteiger partial charge >= 0.3 is 5.97 Å². The Morgan fingerprint density at radius 2 is 1.67 bits per heavy atom. The van der Waals surface area contributed by atoms with Gasteiger partial charge in [0, 0.05) is 18.3 Å². The van der Waals surface area contributed by atoms with Crippen molar-refractivity contribution < 1.29 is 19.5 Å². The monoisotopic (exact) mass is 333 g/mol. The summed E-state index contributed by atoms with van der Waals surface area (Å²) in [6.07, 6.45) is 8.85. The number of carboxylic acids is 1. The van der Waals surface area contributed by atoms with Crippen molar-refractivity contribution in [2.45, 2.75) is 70.3 Å². The van der Waals surface area contributed by atoms with Gasteiger partial charge in [-0.25, -0.2) is 4.79 Å². The summed E-state index contributed by atoms with van der Waals surface area (Å²) in [4.78, 5) is 36.5. The zero-order valence-electron chi connectivity index (χ0n) is 14.1. The number of nitrogens with one attached hydrogen (secondary N) is 1. The van der Waals surface area contributed by atoms with Gasteiger partial charge in [-0.1, -0.05) is 0 Å². The van der Waals surface area contributed by atoms with Gasteiger partial charge in [0.25, 0.3) is 0 Å². The number of carboxylic acid groups (broad SMARTS) is 1. The predicted molar refractivity (Wildman–Crippen MR) is 87.1 cm³/mol. The Labute approximate surface area is 142 Å². The van der Waals surface area contributed by atoms with Gasteiger partial charge in [-0.2, -0.15) is 0 Å². The minimum atomic E-state index is -0.993. The fourth-order valence-corrected chi connectivity index (χ4v) is 6.41. The van der Waals surface area contributed by atoms with Gasteiger partial charge in [0.1, 0.15) is 11.8 Å². The summed E-state index contributed by atoms with van der Waals surface area (Å²) < 4.78 is 0. The Hall–Kier alpha value is -1.39. The number of hydrogen-bond donors (Lipinski definition) is 2. The van der Waals surface area contributed by atoms with Gasteiger partial charge in [0.15, 0.2) is 0 Å². The minimum absolute atomic E-state index is 0.0491. The average molecular weight is 333 g/mol. The first kappa shape index (κ1) is 16.1. The van der Waals surface area contributed by atoms with Gasteiger partial charge in [-0.15, -0.1) is 0 Å². The second-order valence-corrected chi connectivity index (χ2v) is 8.88. The number of amides is 1. The lowest BCUT2D eigenvalue weighted by Gasteiger charge is -2.55. The van der Waals surface area contributed by atoms with E-state index in [4.69, 9.17) is 0 Å². The van der Waals surface area contributed by atoms with E-state index < -0.39 is 12.0 Å². The van der Waals surface area contributed by atoms with Crippen molar-refractivity contribution in [2.75, 3.05) is 0 Å². The van der Waals surface area contributed by atoms with Crippen LogP contribution in [0.5, 0.6) is 0 Å². The van der Waals surface area contributed by atoms with Crippen LogP contribution in [0.15, 0.2) is 0 Å². The van der Waals surface area contributed by atoms with Crippen molar-refractivity contribution in [3.8, 4) is 0 Å². The molecule has 0 unspecified atom stereocenters. The first-order valence-corrected chi connectivity index (χ1v) is 9.51. The van der Waals surface area contributed by atoms with Crippen molar-refractivity contribution in [3.05, 3.63) is 0 Å². The molecule has 2 atom stereocenters. The average Bonchev–Trinajstić information content (AvgIpc) is 2.50. The first-order chi connectivity index (χ1) is 11.4. The molecule has 0 aromatic rings. The van der Waals surface area contributed by atoms with E-state index >= 15 is 0 Å². The maximum absolute atomic E-state index is 13.1. The first-order valence-electron chi connectivity index (χ1n) is 9.51. The number of carbonyl (C=O) groups is 3. The third-order valence-corrected chi connectivity index (χ3v) is 7.06. The van der Waals surface area contributed by atoms with Crippen LogP contribution < -0.4 is 5.32 Å². The fraction of sp³-hybridized carbons (Fsp3) is 0.842. The van der Waals surface area contributed by atoms with Crippen LogP contribution in [-0.4, -0.2) is 28.8 Å². The smallest absolute Gasteiger partial charge is 0.326 e. The maximum Gasteiger partial charge on any atom is 0.326 e. The summed E-state index contributed by atoms with van der Waals surface area (Å²) in [6.45, 7) is 0. The summed E-state index contributed by atoms with van der Waals surface area (Å²) in [5, 5.41) is 12.5. The summed E-state index contributed by atoms with van der Waals surface area (Å²) in [7, 11) is 0. The highest BCUT2D eigenvalue weighted by molar-refractivity contribution is 5.89. The summed E-state index contributed by atoms with van der Waals surface area (Å²) in [5.41, 5.74) is -0.332. The number of rotatable bonds is 4. The van der Waals surface area contributed by atoms with Crippen LogP contribution in [0.3, 0.4) is 0 Å². The highest BCUT2D eigenvalue weighted by atomic mass is 16.4. The number of Topliss-reactive ketones (excluding diaryl/α,β-unsaturated/α-hetero) is 1.